The molecular formula is C26H22N2O6. The Kier molecular flexibility index (Phi) is 5.41. The highest BCUT2D eigenvalue weighted by Gasteiger charge is 2.37. The number of imide groups is 1. The Hall–Kier alpha value is -4.33. The van der Waals surface area contributed by atoms with Crippen molar-refractivity contribution in [3.63, 3.8) is 0 Å². The van der Waals surface area contributed by atoms with Crippen molar-refractivity contribution >= 4 is 23.4 Å². The zero-order chi connectivity index (χ0) is 23.8. The second kappa shape index (κ2) is 8.55. The molecule has 0 saturated carbocycles. The van der Waals surface area contributed by atoms with E-state index in [4.69, 9.17) is 14.2 Å². The van der Waals surface area contributed by atoms with Gasteiger partial charge in [-0.3, -0.25) is 14.4 Å². The van der Waals surface area contributed by atoms with Crippen LogP contribution in [0.5, 0.6) is 17.2 Å². The van der Waals surface area contributed by atoms with Crippen LogP contribution in [-0.4, -0.2) is 31.1 Å². The molecule has 2 aliphatic rings. The maximum Gasteiger partial charge on any atom is 0.266 e. The van der Waals surface area contributed by atoms with E-state index in [0.29, 0.717) is 35.1 Å². The molecule has 5 rings (SSSR count). The van der Waals surface area contributed by atoms with Gasteiger partial charge in [0.2, 0.25) is 6.79 Å². The molecule has 0 bridgehead atoms. The number of carbonyl (C=O) groups excluding carboxylic acids is 3. The number of benzene rings is 3. The molecular weight excluding hydrogens is 436 g/mol. The summed E-state index contributed by atoms with van der Waals surface area (Å²) in [7, 11) is 0. The van der Waals surface area contributed by atoms with Gasteiger partial charge in [0, 0.05) is 5.56 Å². The summed E-state index contributed by atoms with van der Waals surface area (Å²) in [6.45, 7) is 4.42. The lowest BCUT2D eigenvalue weighted by molar-refractivity contribution is 0.0921. The van der Waals surface area contributed by atoms with Gasteiger partial charge in [-0.2, -0.15) is 0 Å². The van der Waals surface area contributed by atoms with Crippen LogP contribution in [0.4, 0.5) is 5.69 Å². The third-order valence-corrected chi connectivity index (χ3v) is 5.80. The summed E-state index contributed by atoms with van der Waals surface area (Å²) < 4.78 is 16.1. The summed E-state index contributed by atoms with van der Waals surface area (Å²) in [5, 5.41) is 2.92. The van der Waals surface area contributed by atoms with Gasteiger partial charge in [-0.05, 0) is 74.0 Å². The lowest BCUT2D eigenvalue weighted by Gasteiger charge is -2.15. The standard InChI is InChI=1S/C26H22N2O6/c1-3-32-19-8-6-18(7-9-19)28-25(30)20-10-4-17(12-21(20)26(28)31)24(29)27-15(2)16-5-11-22-23(13-16)34-14-33-22/h4-13,15H,3,14H2,1-2H3,(H,27,29). The highest BCUT2D eigenvalue weighted by Crippen LogP contribution is 2.34. The molecule has 8 nitrogen and oxygen atoms in total. The summed E-state index contributed by atoms with van der Waals surface area (Å²) in [4.78, 5) is 40.0. The molecule has 0 radical (unpaired) electrons. The van der Waals surface area contributed by atoms with E-state index < -0.39 is 11.8 Å². The second-order valence-electron chi connectivity index (χ2n) is 7.94. The first-order valence-electron chi connectivity index (χ1n) is 10.9. The van der Waals surface area contributed by atoms with Crippen LogP contribution in [0.2, 0.25) is 0 Å². The van der Waals surface area contributed by atoms with Crippen LogP contribution < -0.4 is 24.4 Å². The van der Waals surface area contributed by atoms with Crippen molar-refractivity contribution in [1.29, 1.82) is 0 Å². The Bertz CT molecular complexity index is 1300. The van der Waals surface area contributed by atoms with E-state index in [1.54, 1.807) is 36.4 Å². The lowest BCUT2D eigenvalue weighted by Crippen LogP contribution is -2.29. The Morgan fingerprint density at radius 2 is 1.71 bits per heavy atom. The van der Waals surface area contributed by atoms with Crippen molar-refractivity contribution in [1.82, 2.24) is 5.32 Å². The van der Waals surface area contributed by atoms with E-state index in [-0.39, 0.29) is 29.9 Å². The van der Waals surface area contributed by atoms with E-state index >= 15 is 0 Å². The van der Waals surface area contributed by atoms with E-state index in [1.807, 2.05) is 26.0 Å². The van der Waals surface area contributed by atoms with E-state index in [0.717, 1.165) is 10.5 Å². The van der Waals surface area contributed by atoms with E-state index in [2.05, 4.69) is 5.32 Å². The maximum absolute atomic E-state index is 13.1. The Morgan fingerprint density at radius 1 is 0.971 bits per heavy atom. The van der Waals surface area contributed by atoms with Gasteiger partial charge in [-0.25, -0.2) is 4.90 Å². The average molecular weight is 458 g/mol. The molecule has 0 aliphatic carbocycles. The van der Waals surface area contributed by atoms with Crippen molar-refractivity contribution in [2.24, 2.45) is 0 Å². The molecule has 0 spiro atoms. The van der Waals surface area contributed by atoms with Crippen LogP contribution >= 0.6 is 0 Å². The molecule has 34 heavy (non-hydrogen) atoms. The number of anilines is 1. The number of fused-ring (bicyclic) bond motifs is 2. The SMILES string of the molecule is CCOc1ccc(N2C(=O)c3ccc(C(=O)NC(C)c4ccc5c(c4)OCO5)cc3C2=O)cc1. The van der Waals surface area contributed by atoms with Crippen LogP contribution in [-0.2, 0) is 0 Å². The number of amides is 3. The Balaban J connectivity index is 1.34. The molecule has 0 aromatic heterocycles. The first kappa shape index (κ1) is 21.5. The smallest absolute Gasteiger partial charge is 0.266 e. The van der Waals surface area contributed by atoms with Crippen LogP contribution in [0.3, 0.4) is 0 Å². The molecule has 0 fully saturated rings. The molecule has 1 N–H and O–H groups in total. The fraction of sp³-hybridized carbons (Fsp3) is 0.192. The Morgan fingerprint density at radius 3 is 2.47 bits per heavy atom. The lowest BCUT2D eigenvalue weighted by atomic mass is 10.0. The van der Waals surface area contributed by atoms with Crippen LogP contribution in [0.15, 0.2) is 60.7 Å². The first-order chi connectivity index (χ1) is 16.5. The third-order valence-electron chi connectivity index (χ3n) is 5.80. The molecule has 3 amide bonds. The number of hydrogen-bond donors (Lipinski definition) is 1. The predicted molar refractivity (Wildman–Crippen MR) is 124 cm³/mol. The number of nitrogens with zero attached hydrogens (tertiary/aromatic N) is 1. The highest BCUT2D eigenvalue weighted by molar-refractivity contribution is 6.34. The van der Waals surface area contributed by atoms with Gasteiger partial charge in [0.1, 0.15) is 5.75 Å². The summed E-state index contributed by atoms with van der Waals surface area (Å²) in [5.74, 6) is 0.703. The zero-order valence-corrected chi connectivity index (χ0v) is 18.7. The maximum atomic E-state index is 13.1. The molecule has 0 saturated heterocycles. The molecule has 3 aromatic carbocycles. The zero-order valence-electron chi connectivity index (χ0n) is 18.7. The highest BCUT2D eigenvalue weighted by atomic mass is 16.7. The van der Waals surface area contributed by atoms with Crippen LogP contribution in [0.1, 0.15) is 56.5 Å². The van der Waals surface area contributed by atoms with E-state index in [9.17, 15) is 14.4 Å². The molecule has 1 unspecified atom stereocenters. The first-order valence-corrected chi connectivity index (χ1v) is 10.9. The summed E-state index contributed by atoms with van der Waals surface area (Å²) >= 11 is 0. The van der Waals surface area contributed by atoms with Crippen molar-refractivity contribution in [2.75, 3.05) is 18.3 Å². The monoisotopic (exact) mass is 458 g/mol. The number of hydrogen-bond acceptors (Lipinski definition) is 6. The quantitative estimate of drug-likeness (QED) is 0.559. The average Bonchev–Trinajstić information content (AvgIpc) is 3.41. The molecule has 2 heterocycles. The minimum Gasteiger partial charge on any atom is -0.494 e. The fourth-order valence-corrected chi connectivity index (χ4v) is 4.02. The topological polar surface area (TPSA) is 94.2 Å². The Labute approximate surface area is 196 Å². The van der Waals surface area contributed by atoms with Crippen molar-refractivity contribution in [3.05, 3.63) is 82.9 Å². The summed E-state index contributed by atoms with van der Waals surface area (Å²) in [5.41, 5.74) is 2.05. The van der Waals surface area contributed by atoms with Gasteiger partial charge in [0.15, 0.2) is 11.5 Å². The minimum atomic E-state index is -0.470. The van der Waals surface area contributed by atoms with Gasteiger partial charge < -0.3 is 19.5 Å². The summed E-state index contributed by atoms with van der Waals surface area (Å²) in [6.07, 6.45) is 0. The van der Waals surface area contributed by atoms with Crippen molar-refractivity contribution in [3.8, 4) is 17.2 Å². The van der Waals surface area contributed by atoms with Gasteiger partial charge in [-0.1, -0.05) is 6.07 Å². The summed E-state index contributed by atoms with van der Waals surface area (Å²) in [6, 6.07) is 16.4. The van der Waals surface area contributed by atoms with Crippen LogP contribution in [0, 0.1) is 0 Å². The number of ether oxygens (including phenoxy) is 3. The van der Waals surface area contributed by atoms with Crippen molar-refractivity contribution < 1.29 is 28.6 Å². The van der Waals surface area contributed by atoms with Gasteiger partial charge in [-0.15, -0.1) is 0 Å². The minimum absolute atomic E-state index is 0.176. The largest absolute Gasteiger partial charge is 0.494 e. The predicted octanol–water partition coefficient (Wildman–Crippen LogP) is 4.11. The van der Waals surface area contributed by atoms with Crippen LogP contribution in [0.25, 0.3) is 0 Å². The molecule has 8 heteroatoms. The fourth-order valence-electron chi connectivity index (χ4n) is 4.02. The molecule has 1 atom stereocenters. The molecule has 172 valence electrons. The number of rotatable bonds is 6. The third kappa shape index (κ3) is 3.73. The molecule has 2 aliphatic heterocycles. The normalized spacial score (nSPS) is 14.7. The number of nitrogens with one attached hydrogen (secondary N) is 1. The van der Waals surface area contributed by atoms with Gasteiger partial charge >= 0.3 is 0 Å². The van der Waals surface area contributed by atoms with E-state index in [1.165, 1.54) is 12.1 Å². The molecule has 3 aromatic rings. The second-order valence-corrected chi connectivity index (χ2v) is 7.94. The number of carbonyl (C=O) groups is 3. The van der Waals surface area contributed by atoms with Gasteiger partial charge in [0.05, 0.1) is 29.5 Å². The van der Waals surface area contributed by atoms with Crippen molar-refractivity contribution in [2.45, 2.75) is 19.9 Å². The van der Waals surface area contributed by atoms with Gasteiger partial charge in [0.25, 0.3) is 17.7 Å².